The van der Waals surface area contributed by atoms with E-state index in [2.05, 4.69) is 10.6 Å². The Labute approximate surface area is 106 Å². The van der Waals surface area contributed by atoms with Gasteiger partial charge >= 0.3 is 6.03 Å². The quantitative estimate of drug-likeness (QED) is 0.731. The van der Waals surface area contributed by atoms with Crippen molar-refractivity contribution >= 4 is 17.6 Å². The number of urea groups is 1. The van der Waals surface area contributed by atoms with E-state index >= 15 is 0 Å². The number of primary amides is 1. The molecule has 1 fully saturated rings. The maximum atomic E-state index is 11.6. The number of hydrogen-bond acceptors (Lipinski definition) is 2. The summed E-state index contributed by atoms with van der Waals surface area (Å²) in [5.74, 6) is 0.222. The van der Waals surface area contributed by atoms with Crippen LogP contribution in [0.2, 0.25) is 0 Å². The molecule has 3 amide bonds. The molecule has 18 heavy (non-hydrogen) atoms. The zero-order valence-corrected chi connectivity index (χ0v) is 10.1. The van der Waals surface area contributed by atoms with Crippen LogP contribution in [0.5, 0.6) is 0 Å². The average molecular weight is 247 g/mol. The summed E-state index contributed by atoms with van der Waals surface area (Å²) in [5.41, 5.74) is 6.52. The van der Waals surface area contributed by atoms with Gasteiger partial charge in [0.05, 0.1) is 6.42 Å². The summed E-state index contributed by atoms with van der Waals surface area (Å²) in [6, 6.07) is 6.92. The van der Waals surface area contributed by atoms with Gasteiger partial charge in [0.1, 0.15) is 0 Å². The molecule has 0 saturated heterocycles. The van der Waals surface area contributed by atoms with Crippen LogP contribution < -0.4 is 16.4 Å². The normalized spacial score (nSPS) is 14.0. The monoisotopic (exact) mass is 247 g/mol. The molecular formula is C13H17N3O2. The van der Waals surface area contributed by atoms with E-state index in [-0.39, 0.29) is 12.5 Å². The Morgan fingerprint density at radius 2 is 2.00 bits per heavy atom. The van der Waals surface area contributed by atoms with E-state index in [4.69, 9.17) is 5.73 Å². The maximum Gasteiger partial charge on any atom is 0.319 e. The van der Waals surface area contributed by atoms with Gasteiger partial charge in [-0.15, -0.1) is 0 Å². The Balaban J connectivity index is 1.93. The van der Waals surface area contributed by atoms with E-state index in [1.807, 2.05) is 6.07 Å². The van der Waals surface area contributed by atoms with E-state index in [1.165, 1.54) is 12.8 Å². The first-order chi connectivity index (χ1) is 8.65. The summed E-state index contributed by atoms with van der Waals surface area (Å²) in [6.45, 7) is 0.712. The number of hydrogen-bond donors (Lipinski definition) is 3. The number of rotatable bonds is 5. The number of anilines is 1. The first kappa shape index (κ1) is 12.4. The number of carbonyl (C=O) groups is 2. The lowest BCUT2D eigenvalue weighted by atomic mass is 10.1. The van der Waals surface area contributed by atoms with Crippen LogP contribution in [0.25, 0.3) is 0 Å². The highest BCUT2D eigenvalue weighted by atomic mass is 16.2. The van der Waals surface area contributed by atoms with Crippen LogP contribution in [0.1, 0.15) is 18.4 Å². The SMILES string of the molecule is NC(=O)Cc1ccccc1NC(=O)NCC1CC1. The number of amides is 3. The zero-order chi connectivity index (χ0) is 13.0. The second-order valence-electron chi connectivity index (χ2n) is 4.58. The fourth-order valence-electron chi connectivity index (χ4n) is 1.71. The molecule has 1 aromatic rings. The van der Waals surface area contributed by atoms with Crippen molar-refractivity contribution in [1.82, 2.24) is 5.32 Å². The van der Waals surface area contributed by atoms with Gasteiger partial charge in [0.15, 0.2) is 0 Å². The highest BCUT2D eigenvalue weighted by Gasteiger charge is 2.21. The minimum atomic E-state index is -0.414. The highest BCUT2D eigenvalue weighted by Crippen LogP contribution is 2.27. The number of nitrogens with one attached hydrogen (secondary N) is 2. The topological polar surface area (TPSA) is 84.2 Å². The molecule has 0 aliphatic heterocycles. The fraction of sp³-hybridized carbons (Fsp3) is 0.385. The molecule has 0 unspecified atom stereocenters. The lowest BCUT2D eigenvalue weighted by Crippen LogP contribution is -2.31. The van der Waals surface area contributed by atoms with Gasteiger partial charge in [-0.3, -0.25) is 4.79 Å². The fourth-order valence-corrected chi connectivity index (χ4v) is 1.71. The Hall–Kier alpha value is -2.04. The molecule has 96 valence electrons. The van der Waals surface area contributed by atoms with Gasteiger partial charge in [-0.2, -0.15) is 0 Å². The summed E-state index contributed by atoms with van der Waals surface area (Å²) < 4.78 is 0. The van der Waals surface area contributed by atoms with Gasteiger partial charge in [0.25, 0.3) is 0 Å². The van der Waals surface area contributed by atoms with E-state index in [0.29, 0.717) is 18.2 Å². The summed E-state index contributed by atoms with van der Waals surface area (Å²) in [7, 11) is 0. The lowest BCUT2D eigenvalue weighted by Gasteiger charge is -2.10. The highest BCUT2D eigenvalue weighted by molar-refractivity contribution is 5.91. The third-order valence-corrected chi connectivity index (χ3v) is 2.88. The summed E-state index contributed by atoms with van der Waals surface area (Å²) in [6.07, 6.45) is 2.51. The molecular weight excluding hydrogens is 230 g/mol. The molecule has 0 radical (unpaired) electrons. The van der Waals surface area contributed by atoms with Gasteiger partial charge in [0, 0.05) is 12.2 Å². The molecule has 0 aromatic heterocycles. The molecule has 5 heteroatoms. The van der Waals surface area contributed by atoms with Crippen LogP contribution in [-0.4, -0.2) is 18.5 Å². The average Bonchev–Trinajstić information content (AvgIpc) is 3.12. The standard InChI is InChI=1S/C13H17N3O2/c14-12(17)7-10-3-1-2-4-11(10)16-13(18)15-8-9-5-6-9/h1-4,9H,5-8H2,(H2,14,17)(H2,15,16,18). The van der Waals surface area contributed by atoms with Gasteiger partial charge in [-0.05, 0) is 30.4 Å². The van der Waals surface area contributed by atoms with Crippen molar-refractivity contribution in [3.63, 3.8) is 0 Å². The molecule has 1 saturated carbocycles. The van der Waals surface area contributed by atoms with Gasteiger partial charge in [-0.25, -0.2) is 4.79 Å². The molecule has 2 rings (SSSR count). The first-order valence-corrected chi connectivity index (χ1v) is 6.06. The smallest absolute Gasteiger partial charge is 0.319 e. The Morgan fingerprint density at radius 1 is 1.28 bits per heavy atom. The van der Waals surface area contributed by atoms with E-state index < -0.39 is 5.91 Å². The van der Waals surface area contributed by atoms with Crippen molar-refractivity contribution in [1.29, 1.82) is 0 Å². The molecule has 0 bridgehead atoms. The molecule has 0 atom stereocenters. The lowest BCUT2D eigenvalue weighted by molar-refractivity contribution is -0.117. The number of para-hydroxylation sites is 1. The number of nitrogens with two attached hydrogens (primary N) is 1. The van der Waals surface area contributed by atoms with Gasteiger partial charge in [0.2, 0.25) is 5.91 Å². The predicted octanol–water partition coefficient (Wildman–Crippen LogP) is 1.25. The predicted molar refractivity (Wildman–Crippen MR) is 69.1 cm³/mol. The van der Waals surface area contributed by atoms with Crippen LogP contribution in [0.4, 0.5) is 10.5 Å². The Kier molecular flexibility index (Phi) is 3.82. The van der Waals surface area contributed by atoms with Crippen LogP contribution in [-0.2, 0) is 11.2 Å². The Bertz CT molecular complexity index is 455. The third-order valence-electron chi connectivity index (χ3n) is 2.88. The van der Waals surface area contributed by atoms with E-state index in [9.17, 15) is 9.59 Å². The number of benzene rings is 1. The number of carbonyl (C=O) groups excluding carboxylic acids is 2. The van der Waals surface area contributed by atoms with E-state index in [1.54, 1.807) is 18.2 Å². The van der Waals surface area contributed by atoms with Crippen LogP contribution in [0.3, 0.4) is 0 Å². The largest absolute Gasteiger partial charge is 0.369 e. The molecule has 1 aliphatic rings. The van der Waals surface area contributed by atoms with Crippen LogP contribution in [0.15, 0.2) is 24.3 Å². The van der Waals surface area contributed by atoms with Gasteiger partial charge in [-0.1, -0.05) is 18.2 Å². The second-order valence-corrected chi connectivity index (χ2v) is 4.58. The summed E-state index contributed by atoms with van der Waals surface area (Å²) >= 11 is 0. The van der Waals surface area contributed by atoms with E-state index in [0.717, 1.165) is 5.56 Å². The van der Waals surface area contributed by atoms with Crippen molar-refractivity contribution in [2.75, 3.05) is 11.9 Å². The maximum absolute atomic E-state index is 11.6. The van der Waals surface area contributed by atoms with Crippen molar-refractivity contribution in [2.45, 2.75) is 19.3 Å². The minimum absolute atomic E-state index is 0.124. The molecule has 5 nitrogen and oxygen atoms in total. The van der Waals surface area contributed by atoms with Crippen molar-refractivity contribution in [2.24, 2.45) is 11.7 Å². The van der Waals surface area contributed by atoms with Crippen molar-refractivity contribution in [3.05, 3.63) is 29.8 Å². The Morgan fingerprint density at radius 3 is 2.67 bits per heavy atom. The molecule has 1 aromatic carbocycles. The summed E-state index contributed by atoms with van der Waals surface area (Å²) in [4.78, 5) is 22.6. The van der Waals surface area contributed by atoms with Crippen molar-refractivity contribution < 1.29 is 9.59 Å². The first-order valence-electron chi connectivity index (χ1n) is 6.06. The molecule has 1 aliphatic carbocycles. The van der Waals surface area contributed by atoms with Crippen LogP contribution in [0, 0.1) is 5.92 Å². The molecule has 0 heterocycles. The third kappa shape index (κ3) is 3.76. The molecule has 4 N–H and O–H groups in total. The van der Waals surface area contributed by atoms with Crippen LogP contribution >= 0.6 is 0 Å². The minimum Gasteiger partial charge on any atom is -0.369 e. The van der Waals surface area contributed by atoms with Gasteiger partial charge < -0.3 is 16.4 Å². The van der Waals surface area contributed by atoms with Crippen molar-refractivity contribution in [3.8, 4) is 0 Å². The summed E-state index contributed by atoms with van der Waals surface area (Å²) in [5, 5.41) is 5.55. The second kappa shape index (κ2) is 5.53. The zero-order valence-electron chi connectivity index (χ0n) is 10.1. The molecule has 0 spiro atoms.